The maximum absolute atomic E-state index is 10.5. The van der Waals surface area contributed by atoms with E-state index in [0.29, 0.717) is 6.54 Å². The van der Waals surface area contributed by atoms with E-state index in [0.717, 1.165) is 18.5 Å². The second kappa shape index (κ2) is 7.25. The summed E-state index contributed by atoms with van der Waals surface area (Å²) in [7, 11) is 1.48. The second-order valence-electron chi connectivity index (χ2n) is 3.09. The van der Waals surface area contributed by atoms with Crippen molar-refractivity contribution in [3.63, 3.8) is 0 Å². The van der Waals surface area contributed by atoms with Crippen LogP contribution in [0.2, 0.25) is 0 Å². The number of nitrogens with zero attached hydrogens (tertiary/aromatic N) is 2. The van der Waals surface area contributed by atoms with Gasteiger partial charge in [0.15, 0.2) is 0 Å². The molecule has 0 unspecified atom stereocenters. The molecule has 86 valence electrons. The van der Waals surface area contributed by atoms with Crippen LogP contribution in [0.1, 0.15) is 6.42 Å². The van der Waals surface area contributed by atoms with E-state index >= 15 is 0 Å². The van der Waals surface area contributed by atoms with E-state index in [1.54, 1.807) is 6.21 Å². The molecule has 0 aromatic heterocycles. The first kappa shape index (κ1) is 13.9. The van der Waals surface area contributed by atoms with Gasteiger partial charge in [0.1, 0.15) is 7.11 Å². The molecule has 0 aromatic carbocycles. The second-order valence-corrected chi connectivity index (χ2v) is 3.09. The van der Waals surface area contributed by atoms with Crippen molar-refractivity contribution in [2.24, 2.45) is 5.16 Å². The largest absolute Gasteiger partial charge is 0.480 e. The Labute approximate surface area is 94.8 Å². The predicted molar refractivity (Wildman–Crippen MR) is 59.5 cm³/mol. The Morgan fingerprint density at radius 1 is 1.80 bits per heavy atom. The number of rotatable bonds is 4. The number of halogens is 1. The lowest BCUT2D eigenvalue weighted by Crippen LogP contribution is -2.34. The number of hydrogen-bond acceptors (Lipinski definition) is 4. The van der Waals surface area contributed by atoms with Gasteiger partial charge in [0.2, 0.25) is 0 Å². The zero-order chi connectivity index (χ0) is 10.4. The fraction of sp³-hybridized carbons (Fsp3) is 0.556. The fourth-order valence-electron chi connectivity index (χ4n) is 1.37. The lowest BCUT2D eigenvalue weighted by Gasteiger charge is -2.23. The Morgan fingerprint density at radius 3 is 3.13 bits per heavy atom. The van der Waals surface area contributed by atoms with Crippen LogP contribution in [0.3, 0.4) is 0 Å². The lowest BCUT2D eigenvalue weighted by molar-refractivity contribution is -0.138. The van der Waals surface area contributed by atoms with Gasteiger partial charge in [0.05, 0.1) is 12.8 Å². The molecule has 0 radical (unpaired) electrons. The van der Waals surface area contributed by atoms with E-state index in [4.69, 9.17) is 5.11 Å². The molecule has 1 aliphatic rings. The molecule has 0 saturated heterocycles. The summed E-state index contributed by atoms with van der Waals surface area (Å²) in [5.74, 6) is -0.796. The van der Waals surface area contributed by atoms with Crippen LogP contribution in [-0.4, -0.2) is 48.9 Å². The molecule has 0 saturated carbocycles. The molecule has 1 heterocycles. The van der Waals surface area contributed by atoms with E-state index < -0.39 is 5.97 Å². The minimum atomic E-state index is -0.796. The van der Waals surface area contributed by atoms with Gasteiger partial charge in [-0.05, 0) is 12.0 Å². The Bertz CT molecular complexity index is 266. The van der Waals surface area contributed by atoms with Crippen LogP contribution >= 0.6 is 12.4 Å². The van der Waals surface area contributed by atoms with E-state index in [-0.39, 0.29) is 19.0 Å². The predicted octanol–water partition coefficient (Wildman–Crippen LogP) is 0.757. The fourth-order valence-corrected chi connectivity index (χ4v) is 1.37. The molecular weight excluding hydrogens is 220 g/mol. The van der Waals surface area contributed by atoms with Crippen LogP contribution in [-0.2, 0) is 9.63 Å². The maximum Gasteiger partial charge on any atom is 0.317 e. The third-order valence-electron chi connectivity index (χ3n) is 1.94. The van der Waals surface area contributed by atoms with E-state index in [1.807, 2.05) is 11.0 Å². The molecule has 0 aromatic rings. The summed E-state index contributed by atoms with van der Waals surface area (Å²) in [5.41, 5.74) is 0.999. The number of carbonyl (C=O) groups is 1. The monoisotopic (exact) mass is 234 g/mol. The van der Waals surface area contributed by atoms with Gasteiger partial charge in [-0.3, -0.25) is 9.69 Å². The molecule has 0 atom stereocenters. The highest BCUT2D eigenvalue weighted by atomic mass is 35.5. The molecule has 0 bridgehead atoms. The molecule has 5 nitrogen and oxygen atoms in total. The molecular formula is C9H15ClN2O3. The molecule has 0 fully saturated rings. The molecule has 1 N–H and O–H groups in total. The van der Waals surface area contributed by atoms with Crippen molar-refractivity contribution in [2.75, 3.05) is 26.7 Å². The smallest absolute Gasteiger partial charge is 0.317 e. The topological polar surface area (TPSA) is 62.1 Å². The molecule has 15 heavy (non-hydrogen) atoms. The Balaban J connectivity index is 0.00000196. The highest BCUT2D eigenvalue weighted by Crippen LogP contribution is 2.07. The van der Waals surface area contributed by atoms with Gasteiger partial charge in [-0.25, -0.2) is 0 Å². The van der Waals surface area contributed by atoms with E-state index in [1.165, 1.54) is 7.11 Å². The van der Waals surface area contributed by atoms with Crippen LogP contribution in [0.5, 0.6) is 0 Å². The lowest BCUT2D eigenvalue weighted by atomic mass is 10.1. The Hall–Kier alpha value is -1.07. The van der Waals surface area contributed by atoms with Crippen LogP contribution in [0.15, 0.2) is 16.8 Å². The van der Waals surface area contributed by atoms with Crippen LogP contribution in [0.4, 0.5) is 0 Å². The summed E-state index contributed by atoms with van der Waals surface area (Å²) in [4.78, 5) is 16.9. The first-order valence-corrected chi connectivity index (χ1v) is 4.42. The maximum atomic E-state index is 10.5. The summed E-state index contributed by atoms with van der Waals surface area (Å²) >= 11 is 0. The van der Waals surface area contributed by atoms with Crippen LogP contribution < -0.4 is 0 Å². The Kier molecular flexibility index (Phi) is 6.73. The SMILES string of the molecule is CON=CC1=CCCN(CC(=O)O)C1.Cl. The highest BCUT2D eigenvalue weighted by Gasteiger charge is 2.13. The number of hydrogen-bond donors (Lipinski definition) is 1. The average molecular weight is 235 g/mol. The third kappa shape index (κ3) is 5.39. The van der Waals surface area contributed by atoms with Gasteiger partial charge < -0.3 is 9.94 Å². The van der Waals surface area contributed by atoms with E-state index in [9.17, 15) is 4.79 Å². The normalized spacial score (nSPS) is 17.0. The minimum absolute atomic E-state index is 0. The summed E-state index contributed by atoms with van der Waals surface area (Å²) in [6.45, 7) is 1.49. The van der Waals surface area contributed by atoms with Gasteiger partial charge in [0.25, 0.3) is 0 Å². The van der Waals surface area contributed by atoms with Crippen molar-refractivity contribution in [1.82, 2.24) is 4.90 Å². The van der Waals surface area contributed by atoms with Crippen molar-refractivity contribution in [3.8, 4) is 0 Å². The first-order valence-electron chi connectivity index (χ1n) is 4.42. The minimum Gasteiger partial charge on any atom is -0.480 e. The van der Waals surface area contributed by atoms with Gasteiger partial charge in [-0.15, -0.1) is 12.4 Å². The standard InChI is InChI=1S/C9H14N2O3.ClH/c1-14-10-5-8-3-2-4-11(6-8)7-9(12)13;/h3,5H,2,4,6-7H2,1H3,(H,12,13);1H. The van der Waals surface area contributed by atoms with Crippen LogP contribution in [0.25, 0.3) is 0 Å². The zero-order valence-corrected chi connectivity index (χ0v) is 9.37. The zero-order valence-electron chi connectivity index (χ0n) is 8.55. The van der Waals surface area contributed by atoms with Crippen molar-refractivity contribution in [3.05, 3.63) is 11.6 Å². The number of carboxylic acid groups (broad SMARTS) is 1. The molecule has 0 spiro atoms. The van der Waals surface area contributed by atoms with Gasteiger partial charge in [0, 0.05) is 13.1 Å². The molecule has 1 aliphatic heterocycles. The molecule has 6 heteroatoms. The third-order valence-corrected chi connectivity index (χ3v) is 1.94. The quantitative estimate of drug-likeness (QED) is 0.576. The highest BCUT2D eigenvalue weighted by molar-refractivity contribution is 5.85. The first-order chi connectivity index (χ1) is 6.72. The van der Waals surface area contributed by atoms with Crippen molar-refractivity contribution in [1.29, 1.82) is 0 Å². The summed E-state index contributed by atoms with van der Waals surface area (Å²) < 4.78 is 0. The van der Waals surface area contributed by atoms with Gasteiger partial charge in [-0.2, -0.15) is 0 Å². The summed E-state index contributed by atoms with van der Waals surface area (Å²) in [5, 5.41) is 12.3. The molecule has 0 amide bonds. The van der Waals surface area contributed by atoms with Crippen LogP contribution in [0, 0.1) is 0 Å². The van der Waals surface area contributed by atoms with Crippen molar-refractivity contribution in [2.45, 2.75) is 6.42 Å². The molecule has 0 aliphatic carbocycles. The molecule has 1 rings (SSSR count). The van der Waals surface area contributed by atoms with Gasteiger partial charge in [-0.1, -0.05) is 11.2 Å². The average Bonchev–Trinajstić information content (AvgIpc) is 2.14. The van der Waals surface area contributed by atoms with Crippen molar-refractivity contribution >= 4 is 24.6 Å². The number of aliphatic carboxylic acids is 1. The Morgan fingerprint density at radius 2 is 2.53 bits per heavy atom. The van der Waals surface area contributed by atoms with E-state index in [2.05, 4.69) is 9.99 Å². The van der Waals surface area contributed by atoms with Crippen molar-refractivity contribution < 1.29 is 14.7 Å². The summed E-state index contributed by atoms with van der Waals surface area (Å²) in [6.07, 6.45) is 4.52. The van der Waals surface area contributed by atoms with Gasteiger partial charge >= 0.3 is 5.97 Å². The number of oxime groups is 1. The number of carboxylic acids is 1. The summed E-state index contributed by atoms with van der Waals surface area (Å²) in [6, 6.07) is 0.